The maximum Gasteiger partial charge on any atom is 0.163 e. The Labute approximate surface area is 77.8 Å². The first-order chi connectivity index (χ1) is 6.25. The molecule has 0 bridgehead atoms. The highest BCUT2D eigenvalue weighted by Gasteiger charge is 2.24. The van der Waals surface area contributed by atoms with E-state index in [0.717, 1.165) is 5.56 Å². The molecule has 13 heavy (non-hydrogen) atoms. The van der Waals surface area contributed by atoms with E-state index in [4.69, 9.17) is 5.73 Å². The molecule has 0 spiro atoms. The highest BCUT2D eigenvalue weighted by Crippen LogP contribution is 2.33. The van der Waals surface area contributed by atoms with E-state index in [-0.39, 0.29) is 5.78 Å². The van der Waals surface area contributed by atoms with Crippen LogP contribution in [0.5, 0.6) is 0 Å². The molecule has 1 aromatic carbocycles. The van der Waals surface area contributed by atoms with Gasteiger partial charge in [-0.1, -0.05) is 0 Å². The molecule has 2 heteroatoms. The molecule has 1 aliphatic rings. The number of benzene rings is 1. The van der Waals surface area contributed by atoms with Crippen LogP contribution in [0.15, 0.2) is 24.3 Å². The van der Waals surface area contributed by atoms with Crippen molar-refractivity contribution >= 4 is 11.5 Å². The third-order valence-electron chi connectivity index (χ3n) is 2.40. The van der Waals surface area contributed by atoms with Gasteiger partial charge in [0.05, 0.1) is 0 Å². The van der Waals surface area contributed by atoms with Crippen molar-refractivity contribution in [2.45, 2.75) is 19.3 Å². The molecule has 0 atom stereocenters. The van der Waals surface area contributed by atoms with Crippen molar-refractivity contribution in [3.8, 4) is 0 Å². The summed E-state index contributed by atoms with van der Waals surface area (Å²) in [6, 6.07) is 7.17. The number of ketones is 1. The highest BCUT2D eigenvalue weighted by atomic mass is 16.1. The van der Waals surface area contributed by atoms with Gasteiger partial charge in [-0.2, -0.15) is 0 Å². The van der Waals surface area contributed by atoms with Gasteiger partial charge in [-0.3, -0.25) is 4.79 Å². The van der Waals surface area contributed by atoms with Crippen LogP contribution >= 0.6 is 0 Å². The smallest absolute Gasteiger partial charge is 0.163 e. The summed E-state index contributed by atoms with van der Waals surface area (Å²) in [4.78, 5) is 11.6. The Hall–Kier alpha value is -1.31. The van der Waals surface area contributed by atoms with Crippen LogP contribution in [0.2, 0.25) is 0 Å². The molecule has 0 aliphatic heterocycles. The highest BCUT2D eigenvalue weighted by molar-refractivity contribution is 5.96. The lowest BCUT2D eigenvalue weighted by Crippen LogP contribution is -1.99. The van der Waals surface area contributed by atoms with E-state index in [1.54, 1.807) is 24.3 Å². The fourth-order valence-corrected chi connectivity index (χ4v) is 1.37. The van der Waals surface area contributed by atoms with Crippen molar-refractivity contribution in [1.82, 2.24) is 0 Å². The Balaban J connectivity index is 2.05. The number of hydrogen-bond donors (Lipinski definition) is 1. The summed E-state index contributed by atoms with van der Waals surface area (Å²) < 4.78 is 0. The maximum atomic E-state index is 11.6. The molecule has 0 radical (unpaired) electrons. The van der Waals surface area contributed by atoms with Gasteiger partial charge in [0.15, 0.2) is 5.78 Å². The number of anilines is 1. The fraction of sp³-hybridized carbons (Fsp3) is 0.364. The van der Waals surface area contributed by atoms with Crippen LogP contribution in [0.4, 0.5) is 5.69 Å². The van der Waals surface area contributed by atoms with Crippen LogP contribution in [-0.4, -0.2) is 5.78 Å². The van der Waals surface area contributed by atoms with E-state index in [0.29, 0.717) is 18.0 Å². The average molecular weight is 175 g/mol. The van der Waals surface area contributed by atoms with Crippen molar-refractivity contribution in [2.24, 2.45) is 5.92 Å². The average Bonchev–Trinajstić information content (AvgIpc) is 2.89. The summed E-state index contributed by atoms with van der Waals surface area (Å²) in [5.74, 6) is 0.910. The Kier molecular flexibility index (Phi) is 2.05. The second kappa shape index (κ2) is 3.21. The summed E-state index contributed by atoms with van der Waals surface area (Å²) in [5, 5.41) is 0. The minimum atomic E-state index is 0.252. The monoisotopic (exact) mass is 175 g/mol. The number of rotatable bonds is 3. The van der Waals surface area contributed by atoms with Gasteiger partial charge in [0, 0.05) is 17.7 Å². The minimum absolute atomic E-state index is 0.252. The van der Waals surface area contributed by atoms with Crippen LogP contribution in [0.25, 0.3) is 0 Å². The molecule has 2 rings (SSSR count). The zero-order valence-electron chi connectivity index (χ0n) is 7.49. The van der Waals surface area contributed by atoms with Crippen LogP contribution < -0.4 is 5.73 Å². The molecule has 0 saturated heterocycles. The number of carbonyl (C=O) groups excluding carboxylic acids is 1. The lowest BCUT2D eigenvalue weighted by atomic mass is 10.1. The first-order valence-electron chi connectivity index (χ1n) is 4.64. The molecule has 0 aromatic heterocycles. The van der Waals surface area contributed by atoms with E-state index in [9.17, 15) is 4.79 Å². The maximum absolute atomic E-state index is 11.6. The lowest BCUT2D eigenvalue weighted by Gasteiger charge is -1.99. The van der Waals surface area contributed by atoms with Gasteiger partial charge >= 0.3 is 0 Å². The van der Waals surface area contributed by atoms with Crippen molar-refractivity contribution in [1.29, 1.82) is 0 Å². The Bertz CT molecular complexity index is 311. The summed E-state index contributed by atoms with van der Waals surface area (Å²) in [5.41, 5.74) is 7.03. The van der Waals surface area contributed by atoms with Crippen LogP contribution in [0.1, 0.15) is 29.6 Å². The predicted octanol–water partition coefficient (Wildman–Crippen LogP) is 2.25. The molecule has 0 unspecified atom stereocenters. The minimum Gasteiger partial charge on any atom is -0.399 e. The van der Waals surface area contributed by atoms with Gasteiger partial charge in [0.2, 0.25) is 0 Å². The van der Waals surface area contributed by atoms with Gasteiger partial charge in [0.1, 0.15) is 0 Å². The Morgan fingerprint density at radius 2 is 1.92 bits per heavy atom. The van der Waals surface area contributed by atoms with Crippen molar-refractivity contribution in [2.75, 3.05) is 5.73 Å². The molecule has 2 N–H and O–H groups in total. The first-order valence-corrected chi connectivity index (χ1v) is 4.64. The van der Waals surface area contributed by atoms with Crippen molar-refractivity contribution < 1.29 is 4.79 Å². The third kappa shape index (κ3) is 2.08. The van der Waals surface area contributed by atoms with Gasteiger partial charge in [-0.05, 0) is 43.0 Å². The number of nitrogen functional groups attached to an aromatic ring is 1. The van der Waals surface area contributed by atoms with Crippen molar-refractivity contribution in [3.63, 3.8) is 0 Å². The molecule has 0 amide bonds. The van der Waals surface area contributed by atoms with E-state index in [1.165, 1.54) is 12.8 Å². The van der Waals surface area contributed by atoms with Crippen LogP contribution in [-0.2, 0) is 0 Å². The third-order valence-corrected chi connectivity index (χ3v) is 2.40. The Morgan fingerprint density at radius 1 is 1.31 bits per heavy atom. The summed E-state index contributed by atoms with van der Waals surface area (Å²) in [6.07, 6.45) is 3.16. The molecule has 1 saturated carbocycles. The molecule has 0 heterocycles. The number of hydrogen-bond acceptors (Lipinski definition) is 2. The van der Waals surface area contributed by atoms with E-state index >= 15 is 0 Å². The second-order valence-corrected chi connectivity index (χ2v) is 3.69. The molecule has 1 aliphatic carbocycles. The normalized spacial score (nSPS) is 15.7. The van der Waals surface area contributed by atoms with Crippen LogP contribution in [0.3, 0.4) is 0 Å². The van der Waals surface area contributed by atoms with Gasteiger partial charge in [-0.15, -0.1) is 0 Å². The predicted molar refractivity (Wildman–Crippen MR) is 52.5 cm³/mol. The molecule has 1 fully saturated rings. The molecule has 1 aromatic rings. The number of nitrogens with two attached hydrogens (primary N) is 1. The lowest BCUT2D eigenvalue weighted by molar-refractivity contribution is 0.0976. The number of carbonyl (C=O) groups is 1. The zero-order valence-corrected chi connectivity index (χ0v) is 7.49. The molecule has 68 valence electrons. The Morgan fingerprint density at radius 3 is 2.46 bits per heavy atom. The zero-order chi connectivity index (χ0) is 9.26. The fourth-order valence-electron chi connectivity index (χ4n) is 1.37. The first kappa shape index (κ1) is 8.30. The topological polar surface area (TPSA) is 43.1 Å². The van der Waals surface area contributed by atoms with Crippen LogP contribution in [0, 0.1) is 5.92 Å². The second-order valence-electron chi connectivity index (χ2n) is 3.69. The standard InChI is InChI=1S/C11H13NO/c12-10-5-3-9(4-6-10)11(13)7-8-1-2-8/h3-6,8H,1-2,7,12H2. The van der Waals surface area contributed by atoms with Gasteiger partial charge < -0.3 is 5.73 Å². The summed E-state index contributed by atoms with van der Waals surface area (Å²) in [6.45, 7) is 0. The van der Waals surface area contributed by atoms with E-state index in [2.05, 4.69) is 0 Å². The SMILES string of the molecule is Nc1ccc(C(=O)CC2CC2)cc1. The van der Waals surface area contributed by atoms with E-state index < -0.39 is 0 Å². The number of Topliss-reactive ketones (excluding diaryl/α,β-unsaturated/α-hetero) is 1. The summed E-state index contributed by atoms with van der Waals surface area (Å²) in [7, 11) is 0. The quantitative estimate of drug-likeness (QED) is 0.565. The van der Waals surface area contributed by atoms with Crippen molar-refractivity contribution in [3.05, 3.63) is 29.8 Å². The molecular formula is C11H13NO. The molecule has 2 nitrogen and oxygen atoms in total. The molecular weight excluding hydrogens is 162 g/mol. The summed E-state index contributed by atoms with van der Waals surface area (Å²) >= 11 is 0. The van der Waals surface area contributed by atoms with Gasteiger partial charge in [0.25, 0.3) is 0 Å². The van der Waals surface area contributed by atoms with Gasteiger partial charge in [-0.25, -0.2) is 0 Å². The van der Waals surface area contributed by atoms with E-state index in [1.807, 2.05) is 0 Å². The largest absolute Gasteiger partial charge is 0.399 e.